The number of aliphatic carboxylic acids is 1. The minimum Gasteiger partial charge on any atom is -0.481 e. The standard InChI is InChI=1S/C15H17N5O3/c1-10-17-18-19-20(10)12-5-2-4-11(8-12)16-13(21)9-15(14(22)23)6-3-7-15/h2,4-5,8H,3,6-7,9H2,1H3,(H,16,21)(H,22,23). The summed E-state index contributed by atoms with van der Waals surface area (Å²) in [6.45, 7) is 1.78. The molecule has 1 aromatic carbocycles. The Bertz CT molecular complexity index is 751. The first-order chi connectivity index (χ1) is 11.0. The van der Waals surface area contributed by atoms with Gasteiger partial charge in [-0.1, -0.05) is 12.5 Å². The average Bonchev–Trinajstić information content (AvgIpc) is 2.89. The molecular weight excluding hydrogens is 298 g/mol. The lowest BCUT2D eigenvalue weighted by Crippen LogP contribution is -2.41. The molecular formula is C15H17N5O3. The zero-order valence-corrected chi connectivity index (χ0v) is 12.7. The maximum absolute atomic E-state index is 12.2. The van der Waals surface area contributed by atoms with Crippen LogP contribution in [0.25, 0.3) is 5.69 Å². The van der Waals surface area contributed by atoms with E-state index in [-0.39, 0.29) is 12.3 Å². The van der Waals surface area contributed by atoms with Gasteiger partial charge in [-0.15, -0.1) is 5.10 Å². The molecule has 3 rings (SSSR count). The second kappa shape index (κ2) is 5.79. The van der Waals surface area contributed by atoms with E-state index in [9.17, 15) is 14.7 Å². The smallest absolute Gasteiger partial charge is 0.310 e. The highest BCUT2D eigenvalue weighted by molar-refractivity contribution is 5.94. The minimum atomic E-state index is -0.895. The summed E-state index contributed by atoms with van der Waals surface area (Å²) in [5.74, 6) is -0.553. The molecule has 8 nitrogen and oxygen atoms in total. The molecule has 2 aromatic rings. The number of carbonyl (C=O) groups is 2. The van der Waals surface area contributed by atoms with Crippen LogP contribution in [-0.4, -0.2) is 37.2 Å². The van der Waals surface area contributed by atoms with Crippen LogP contribution >= 0.6 is 0 Å². The van der Waals surface area contributed by atoms with Crippen molar-refractivity contribution in [1.29, 1.82) is 0 Å². The molecule has 1 aliphatic rings. The Balaban J connectivity index is 1.72. The number of aromatic nitrogens is 4. The number of hydrogen-bond donors (Lipinski definition) is 2. The molecule has 1 fully saturated rings. The van der Waals surface area contributed by atoms with Gasteiger partial charge in [-0.2, -0.15) is 4.68 Å². The highest BCUT2D eigenvalue weighted by Crippen LogP contribution is 2.44. The number of carboxylic acids is 1. The van der Waals surface area contributed by atoms with Crippen LogP contribution in [0.4, 0.5) is 5.69 Å². The van der Waals surface area contributed by atoms with Gasteiger partial charge < -0.3 is 10.4 Å². The molecule has 1 saturated carbocycles. The molecule has 2 N–H and O–H groups in total. The van der Waals surface area contributed by atoms with E-state index in [0.29, 0.717) is 24.4 Å². The average molecular weight is 315 g/mol. The van der Waals surface area contributed by atoms with E-state index in [1.54, 1.807) is 29.8 Å². The van der Waals surface area contributed by atoms with E-state index in [2.05, 4.69) is 20.8 Å². The first-order valence-corrected chi connectivity index (χ1v) is 7.39. The Morgan fingerprint density at radius 1 is 1.39 bits per heavy atom. The first kappa shape index (κ1) is 15.1. The topological polar surface area (TPSA) is 110 Å². The largest absolute Gasteiger partial charge is 0.481 e. The maximum atomic E-state index is 12.2. The van der Waals surface area contributed by atoms with Crippen LogP contribution in [-0.2, 0) is 9.59 Å². The molecule has 1 heterocycles. The third kappa shape index (κ3) is 2.92. The van der Waals surface area contributed by atoms with Crippen LogP contribution in [0, 0.1) is 12.3 Å². The number of anilines is 1. The minimum absolute atomic E-state index is 0.00350. The van der Waals surface area contributed by atoms with Gasteiger partial charge in [0, 0.05) is 12.1 Å². The van der Waals surface area contributed by atoms with Crippen molar-refractivity contribution in [1.82, 2.24) is 20.2 Å². The third-order valence-electron chi connectivity index (χ3n) is 4.26. The Hall–Kier alpha value is -2.77. The van der Waals surface area contributed by atoms with Crippen molar-refractivity contribution in [2.45, 2.75) is 32.6 Å². The number of hydrogen-bond acceptors (Lipinski definition) is 5. The highest BCUT2D eigenvalue weighted by Gasteiger charge is 2.45. The molecule has 0 atom stereocenters. The SMILES string of the molecule is Cc1nnnn1-c1cccc(NC(=O)CC2(C(=O)O)CCC2)c1. The monoisotopic (exact) mass is 315 g/mol. The van der Waals surface area contributed by atoms with Crippen molar-refractivity contribution in [3.05, 3.63) is 30.1 Å². The van der Waals surface area contributed by atoms with Crippen LogP contribution in [0.5, 0.6) is 0 Å². The molecule has 8 heteroatoms. The first-order valence-electron chi connectivity index (χ1n) is 7.39. The Kier molecular flexibility index (Phi) is 3.81. The zero-order chi connectivity index (χ0) is 16.4. The summed E-state index contributed by atoms with van der Waals surface area (Å²) in [6, 6.07) is 7.09. The number of carbonyl (C=O) groups excluding carboxylic acids is 1. The van der Waals surface area contributed by atoms with Crippen LogP contribution in [0.15, 0.2) is 24.3 Å². The summed E-state index contributed by atoms with van der Waals surface area (Å²) in [7, 11) is 0. The second-order valence-corrected chi connectivity index (χ2v) is 5.85. The quantitative estimate of drug-likeness (QED) is 0.866. The summed E-state index contributed by atoms with van der Waals surface area (Å²) >= 11 is 0. The fourth-order valence-electron chi connectivity index (χ4n) is 2.77. The van der Waals surface area contributed by atoms with Crippen LogP contribution in [0.3, 0.4) is 0 Å². The Morgan fingerprint density at radius 2 is 2.17 bits per heavy atom. The van der Waals surface area contributed by atoms with Gasteiger partial charge in [-0.25, -0.2) is 0 Å². The fourth-order valence-corrected chi connectivity index (χ4v) is 2.77. The number of nitrogens with zero attached hydrogens (tertiary/aromatic N) is 4. The van der Waals surface area contributed by atoms with Crippen molar-refractivity contribution in [3.63, 3.8) is 0 Å². The number of carboxylic acid groups (broad SMARTS) is 1. The van der Waals surface area contributed by atoms with Gasteiger partial charge in [0.15, 0.2) is 5.82 Å². The lowest BCUT2D eigenvalue weighted by atomic mass is 9.66. The lowest BCUT2D eigenvalue weighted by molar-refractivity contribution is -0.157. The summed E-state index contributed by atoms with van der Waals surface area (Å²) < 4.78 is 1.56. The molecule has 0 unspecified atom stereocenters. The number of aryl methyl sites for hydroxylation is 1. The normalized spacial score (nSPS) is 15.7. The maximum Gasteiger partial charge on any atom is 0.310 e. The lowest BCUT2D eigenvalue weighted by Gasteiger charge is -2.36. The highest BCUT2D eigenvalue weighted by atomic mass is 16.4. The molecule has 23 heavy (non-hydrogen) atoms. The van der Waals surface area contributed by atoms with E-state index < -0.39 is 11.4 Å². The summed E-state index contributed by atoms with van der Waals surface area (Å²) in [4.78, 5) is 23.5. The van der Waals surface area contributed by atoms with Crippen LogP contribution in [0.1, 0.15) is 31.5 Å². The number of nitrogens with one attached hydrogen (secondary N) is 1. The summed E-state index contributed by atoms with van der Waals surface area (Å²) in [6.07, 6.45) is 1.96. The van der Waals surface area contributed by atoms with Crippen LogP contribution in [0.2, 0.25) is 0 Å². The van der Waals surface area contributed by atoms with E-state index in [1.807, 2.05) is 6.07 Å². The van der Waals surface area contributed by atoms with Crippen molar-refractivity contribution in [3.8, 4) is 5.69 Å². The van der Waals surface area contributed by atoms with E-state index in [1.165, 1.54) is 0 Å². The van der Waals surface area contributed by atoms with E-state index in [0.717, 1.165) is 12.1 Å². The van der Waals surface area contributed by atoms with Crippen molar-refractivity contribution in [2.24, 2.45) is 5.41 Å². The van der Waals surface area contributed by atoms with E-state index in [4.69, 9.17) is 0 Å². The van der Waals surface area contributed by atoms with Gasteiger partial charge in [0.1, 0.15) is 0 Å². The van der Waals surface area contributed by atoms with Crippen LogP contribution < -0.4 is 5.32 Å². The Labute approximate surface area is 132 Å². The molecule has 120 valence electrons. The summed E-state index contributed by atoms with van der Waals surface area (Å²) in [5.41, 5.74) is 0.415. The molecule has 0 bridgehead atoms. The van der Waals surface area contributed by atoms with Gasteiger partial charge in [0.25, 0.3) is 0 Å². The van der Waals surface area contributed by atoms with Crippen molar-refractivity contribution >= 4 is 17.6 Å². The number of rotatable bonds is 5. The molecule has 1 aliphatic carbocycles. The predicted octanol–water partition coefficient (Wildman–Crippen LogP) is 1.55. The molecule has 0 aliphatic heterocycles. The third-order valence-corrected chi connectivity index (χ3v) is 4.26. The predicted molar refractivity (Wildman–Crippen MR) is 81.1 cm³/mol. The second-order valence-electron chi connectivity index (χ2n) is 5.85. The molecule has 0 saturated heterocycles. The number of benzene rings is 1. The molecule has 0 spiro atoms. The Morgan fingerprint density at radius 3 is 2.74 bits per heavy atom. The number of amides is 1. The van der Waals surface area contributed by atoms with Gasteiger partial charge in [0.2, 0.25) is 5.91 Å². The fraction of sp³-hybridized carbons (Fsp3) is 0.400. The molecule has 1 amide bonds. The van der Waals surface area contributed by atoms with Crippen molar-refractivity contribution < 1.29 is 14.7 Å². The molecule has 1 aromatic heterocycles. The zero-order valence-electron chi connectivity index (χ0n) is 12.7. The van der Waals surface area contributed by atoms with Gasteiger partial charge in [-0.05, 0) is 48.4 Å². The molecule has 0 radical (unpaired) electrons. The van der Waals surface area contributed by atoms with Crippen molar-refractivity contribution in [2.75, 3.05) is 5.32 Å². The van der Waals surface area contributed by atoms with Gasteiger partial charge in [-0.3, -0.25) is 9.59 Å². The van der Waals surface area contributed by atoms with E-state index >= 15 is 0 Å². The van der Waals surface area contributed by atoms with Gasteiger partial charge >= 0.3 is 5.97 Å². The van der Waals surface area contributed by atoms with Gasteiger partial charge in [0.05, 0.1) is 11.1 Å². The number of tetrazole rings is 1. The summed E-state index contributed by atoms with van der Waals surface area (Å²) in [5, 5.41) is 23.3.